The Hall–Kier alpha value is -1.06. The van der Waals surface area contributed by atoms with Gasteiger partial charge in [-0.2, -0.15) is 10.4 Å². The molecule has 0 fully saturated rings. The summed E-state index contributed by atoms with van der Waals surface area (Å²) < 4.78 is 23.4. The Bertz CT molecular complexity index is 528. The van der Waals surface area contributed by atoms with E-state index in [9.17, 15) is 8.42 Å². The topological polar surface area (TPSA) is 75.8 Å². The molecule has 0 aliphatic rings. The van der Waals surface area contributed by atoms with Crippen molar-refractivity contribution < 1.29 is 8.42 Å². The molecule has 0 N–H and O–H groups in total. The van der Waals surface area contributed by atoms with Crippen molar-refractivity contribution in [1.82, 2.24) is 9.78 Å². The number of sulfone groups is 1. The van der Waals surface area contributed by atoms with Gasteiger partial charge in [0.05, 0.1) is 18.0 Å². The summed E-state index contributed by atoms with van der Waals surface area (Å²) in [7, 11) is -3.06. The maximum Gasteiger partial charge on any atom is 0.149 e. The highest BCUT2D eigenvalue weighted by Crippen LogP contribution is 2.19. The van der Waals surface area contributed by atoms with E-state index in [1.165, 1.54) is 4.68 Å². The summed E-state index contributed by atoms with van der Waals surface area (Å²) in [6, 6.07) is 1.97. The molecule has 0 aromatic carbocycles. The van der Waals surface area contributed by atoms with Gasteiger partial charge in [0.15, 0.2) is 0 Å². The summed E-state index contributed by atoms with van der Waals surface area (Å²) in [5, 5.41) is 13.2. The first-order valence-electron chi connectivity index (χ1n) is 4.72. The molecule has 7 heteroatoms. The molecule has 0 bridgehead atoms. The molecule has 0 unspecified atom stereocenters. The molecule has 0 radical (unpaired) electrons. The van der Waals surface area contributed by atoms with Gasteiger partial charge in [0, 0.05) is 6.26 Å². The molecular weight excluding hydrogens is 250 g/mol. The summed E-state index contributed by atoms with van der Waals surface area (Å²) in [5.41, 5.74) is 0.929. The van der Waals surface area contributed by atoms with Crippen LogP contribution in [-0.4, -0.2) is 30.2 Å². The lowest BCUT2D eigenvalue weighted by Gasteiger charge is -2.00. The predicted octanol–water partition coefficient (Wildman–Crippen LogP) is 1.02. The van der Waals surface area contributed by atoms with E-state index in [0.29, 0.717) is 17.7 Å². The van der Waals surface area contributed by atoms with Crippen LogP contribution in [0.5, 0.6) is 0 Å². The minimum absolute atomic E-state index is 0.0393. The van der Waals surface area contributed by atoms with Crippen molar-refractivity contribution in [3.05, 3.63) is 16.4 Å². The van der Waals surface area contributed by atoms with Gasteiger partial charge < -0.3 is 0 Å². The van der Waals surface area contributed by atoms with Gasteiger partial charge in [-0.1, -0.05) is 18.5 Å². The summed E-state index contributed by atoms with van der Waals surface area (Å²) in [6.45, 7) is 2.03. The first-order valence-corrected chi connectivity index (χ1v) is 7.16. The number of hydrogen-bond acceptors (Lipinski definition) is 4. The summed E-state index contributed by atoms with van der Waals surface area (Å²) in [5.74, 6) is -0.0393. The number of rotatable bonds is 4. The second-order valence-electron chi connectivity index (χ2n) is 3.43. The van der Waals surface area contributed by atoms with Crippen molar-refractivity contribution in [2.75, 3.05) is 12.0 Å². The minimum atomic E-state index is -3.06. The molecular formula is C9H12ClN3O2S. The molecule has 1 aromatic heterocycles. The van der Waals surface area contributed by atoms with Gasteiger partial charge >= 0.3 is 0 Å². The molecule has 0 amide bonds. The van der Waals surface area contributed by atoms with Crippen molar-refractivity contribution in [1.29, 1.82) is 5.26 Å². The first-order chi connectivity index (χ1) is 7.39. The minimum Gasteiger partial charge on any atom is -0.251 e. The lowest BCUT2D eigenvalue weighted by atomic mass is 10.2. The van der Waals surface area contributed by atoms with Crippen molar-refractivity contribution >= 4 is 21.4 Å². The molecule has 0 saturated carbocycles. The number of aryl methyl sites for hydroxylation is 2. The highest BCUT2D eigenvalue weighted by molar-refractivity contribution is 7.90. The molecule has 88 valence electrons. The number of aromatic nitrogens is 2. The van der Waals surface area contributed by atoms with Crippen LogP contribution in [0.2, 0.25) is 5.15 Å². The second kappa shape index (κ2) is 4.85. The van der Waals surface area contributed by atoms with Crippen LogP contribution in [0, 0.1) is 11.3 Å². The normalized spacial score (nSPS) is 11.4. The van der Waals surface area contributed by atoms with E-state index in [1.807, 2.05) is 13.0 Å². The molecule has 0 aliphatic carbocycles. The van der Waals surface area contributed by atoms with Crippen LogP contribution in [0.15, 0.2) is 0 Å². The Kier molecular flexibility index (Phi) is 3.94. The first kappa shape index (κ1) is 13.0. The highest BCUT2D eigenvalue weighted by atomic mass is 35.5. The molecule has 0 atom stereocenters. The highest BCUT2D eigenvalue weighted by Gasteiger charge is 2.15. The third-order valence-corrected chi connectivity index (χ3v) is 3.39. The Morgan fingerprint density at radius 1 is 1.56 bits per heavy atom. The van der Waals surface area contributed by atoms with E-state index in [-0.39, 0.29) is 17.5 Å². The van der Waals surface area contributed by atoms with E-state index in [0.717, 1.165) is 6.26 Å². The van der Waals surface area contributed by atoms with E-state index in [1.54, 1.807) is 0 Å². The van der Waals surface area contributed by atoms with Gasteiger partial charge in [0.1, 0.15) is 26.6 Å². The van der Waals surface area contributed by atoms with Gasteiger partial charge in [-0.15, -0.1) is 0 Å². The van der Waals surface area contributed by atoms with Gasteiger partial charge in [0.2, 0.25) is 0 Å². The van der Waals surface area contributed by atoms with Crippen LogP contribution in [0.1, 0.15) is 18.2 Å². The largest absolute Gasteiger partial charge is 0.251 e. The Morgan fingerprint density at radius 3 is 2.56 bits per heavy atom. The van der Waals surface area contributed by atoms with Crippen LogP contribution < -0.4 is 0 Å². The van der Waals surface area contributed by atoms with Crippen LogP contribution in [-0.2, 0) is 22.8 Å². The zero-order valence-corrected chi connectivity index (χ0v) is 10.6. The molecule has 0 saturated heterocycles. The average molecular weight is 262 g/mol. The fraction of sp³-hybridized carbons (Fsp3) is 0.556. The zero-order valence-electron chi connectivity index (χ0n) is 9.07. The Labute approximate surface area is 99.5 Å². The smallest absolute Gasteiger partial charge is 0.149 e. The van der Waals surface area contributed by atoms with E-state index in [2.05, 4.69) is 5.10 Å². The van der Waals surface area contributed by atoms with Gasteiger partial charge in [0.25, 0.3) is 0 Å². The molecule has 1 heterocycles. The van der Waals surface area contributed by atoms with E-state index < -0.39 is 9.84 Å². The van der Waals surface area contributed by atoms with Crippen molar-refractivity contribution in [2.45, 2.75) is 19.9 Å². The molecule has 1 aromatic rings. The third kappa shape index (κ3) is 2.97. The molecule has 0 aliphatic heterocycles. The number of nitriles is 1. The summed E-state index contributed by atoms with van der Waals surface area (Å²) in [6.07, 6.45) is 1.74. The zero-order chi connectivity index (χ0) is 12.3. The van der Waals surface area contributed by atoms with Crippen molar-refractivity contribution in [3.8, 4) is 6.07 Å². The van der Waals surface area contributed by atoms with E-state index >= 15 is 0 Å². The predicted molar refractivity (Wildman–Crippen MR) is 61.0 cm³/mol. The number of nitrogens with zero attached hydrogens (tertiary/aromatic N) is 3. The van der Waals surface area contributed by atoms with Crippen LogP contribution in [0.25, 0.3) is 0 Å². The standard InChI is InChI=1S/C9H12ClN3O2S/c1-3-8-7(6-11)9(10)13(12-8)4-5-16(2,14)15/h3-5H2,1-2H3. The maximum atomic E-state index is 11.0. The second-order valence-corrected chi connectivity index (χ2v) is 6.05. The lowest BCUT2D eigenvalue weighted by molar-refractivity contribution is 0.584. The van der Waals surface area contributed by atoms with E-state index in [4.69, 9.17) is 16.9 Å². The summed E-state index contributed by atoms with van der Waals surface area (Å²) >= 11 is 5.92. The summed E-state index contributed by atoms with van der Waals surface area (Å²) in [4.78, 5) is 0. The van der Waals surface area contributed by atoms with Crippen molar-refractivity contribution in [2.24, 2.45) is 0 Å². The SMILES string of the molecule is CCc1nn(CCS(C)(=O)=O)c(Cl)c1C#N. The average Bonchev–Trinajstić information content (AvgIpc) is 2.50. The molecule has 16 heavy (non-hydrogen) atoms. The van der Waals surface area contributed by atoms with Crippen molar-refractivity contribution in [3.63, 3.8) is 0 Å². The number of halogens is 1. The fourth-order valence-corrected chi connectivity index (χ4v) is 2.02. The maximum absolute atomic E-state index is 11.0. The van der Waals surface area contributed by atoms with Crippen LogP contribution >= 0.6 is 11.6 Å². The fourth-order valence-electron chi connectivity index (χ4n) is 1.25. The van der Waals surface area contributed by atoms with Gasteiger partial charge in [-0.25, -0.2) is 8.42 Å². The quantitative estimate of drug-likeness (QED) is 0.811. The van der Waals surface area contributed by atoms with Crippen LogP contribution in [0.3, 0.4) is 0 Å². The third-order valence-electron chi connectivity index (χ3n) is 2.08. The van der Waals surface area contributed by atoms with Gasteiger partial charge in [-0.05, 0) is 6.42 Å². The molecule has 1 rings (SSSR count). The van der Waals surface area contributed by atoms with Gasteiger partial charge in [-0.3, -0.25) is 4.68 Å². The monoisotopic (exact) mass is 261 g/mol. The molecule has 0 spiro atoms. The molecule has 5 nitrogen and oxygen atoms in total. The Balaban J connectivity index is 2.99. The number of hydrogen-bond donors (Lipinski definition) is 0. The lowest BCUT2D eigenvalue weighted by Crippen LogP contribution is -2.12. The Morgan fingerprint density at radius 2 is 2.19 bits per heavy atom. The van der Waals surface area contributed by atoms with Crippen LogP contribution in [0.4, 0.5) is 0 Å².